The summed E-state index contributed by atoms with van der Waals surface area (Å²) in [6.45, 7) is 12.0. The first-order valence-electron chi connectivity index (χ1n) is 5.80. The number of likely N-dealkylation sites (N-methyl/N-ethyl adjacent to an activating group) is 1. The normalized spacial score (nSPS) is 12.2. The Morgan fingerprint density at radius 1 is 1.47 bits per heavy atom. The van der Waals surface area contributed by atoms with E-state index >= 15 is 0 Å². The summed E-state index contributed by atoms with van der Waals surface area (Å²) >= 11 is 0. The first kappa shape index (κ1) is 14.2. The van der Waals surface area contributed by atoms with Crippen molar-refractivity contribution < 1.29 is 4.79 Å². The number of nitrogens with one attached hydrogen (secondary N) is 1. The number of rotatable bonds is 8. The van der Waals surface area contributed by atoms with Crippen LogP contribution in [0.1, 0.15) is 33.6 Å². The van der Waals surface area contributed by atoms with Crippen LogP contribution in [0.4, 0.5) is 0 Å². The smallest absolute Gasteiger partial charge is 0.239 e. The summed E-state index contributed by atoms with van der Waals surface area (Å²) in [7, 11) is 0. The molecule has 0 saturated heterocycles. The summed E-state index contributed by atoms with van der Waals surface area (Å²) in [5, 5.41) is 3.23. The Morgan fingerprint density at radius 2 is 2.07 bits per heavy atom. The first-order chi connectivity index (χ1) is 7.17. The molecular weight excluding hydrogens is 188 g/mol. The fraction of sp³-hybridized carbons (Fsp3) is 0.750. The molecule has 15 heavy (non-hydrogen) atoms. The zero-order valence-corrected chi connectivity index (χ0v) is 10.3. The molecule has 3 nitrogen and oxygen atoms in total. The van der Waals surface area contributed by atoms with Gasteiger partial charge >= 0.3 is 0 Å². The van der Waals surface area contributed by atoms with Gasteiger partial charge in [-0.2, -0.15) is 0 Å². The second-order valence-corrected chi connectivity index (χ2v) is 3.62. The van der Waals surface area contributed by atoms with Gasteiger partial charge < -0.3 is 10.2 Å². The van der Waals surface area contributed by atoms with Crippen molar-refractivity contribution in [1.82, 2.24) is 10.2 Å². The van der Waals surface area contributed by atoms with Crippen LogP contribution in [0.5, 0.6) is 0 Å². The van der Waals surface area contributed by atoms with Crippen molar-refractivity contribution >= 4 is 5.91 Å². The number of allylic oxidation sites excluding steroid dienone is 1. The summed E-state index contributed by atoms with van der Waals surface area (Å²) < 4.78 is 0. The Balaban J connectivity index is 3.81. The summed E-state index contributed by atoms with van der Waals surface area (Å²) in [5.41, 5.74) is 0. The molecule has 0 rings (SSSR count). The molecule has 88 valence electrons. The highest BCUT2D eigenvalue weighted by Crippen LogP contribution is 1.95. The lowest BCUT2D eigenvalue weighted by atomic mass is 10.2. The van der Waals surface area contributed by atoms with E-state index in [1.54, 1.807) is 0 Å². The molecule has 0 aromatic carbocycles. The van der Waals surface area contributed by atoms with Gasteiger partial charge in [-0.15, -0.1) is 6.58 Å². The van der Waals surface area contributed by atoms with Gasteiger partial charge in [0.25, 0.3) is 0 Å². The van der Waals surface area contributed by atoms with Crippen molar-refractivity contribution in [2.75, 3.05) is 19.6 Å². The molecular formula is C12H24N2O. The van der Waals surface area contributed by atoms with E-state index in [1.165, 1.54) is 0 Å². The third-order valence-corrected chi connectivity index (χ3v) is 2.48. The topological polar surface area (TPSA) is 32.3 Å². The Kier molecular flexibility index (Phi) is 8.01. The number of hydrogen-bond donors (Lipinski definition) is 1. The molecule has 0 aromatic heterocycles. The van der Waals surface area contributed by atoms with Crippen LogP contribution in [-0.4, -0.2) is 36.5 Å². The highest BCUT2D eigenvalue weighted by molar-refractivity contribution is 5.81. The fourth-order valence-corrected chi connectivity index (χ4v) is 1.46. The molecule has 0 heterocycles. The van der Waals surface area contributed by atoms with Crippen molar-refractivity contribution in [3.63, 3.8) is 0 Å². The second kappa shape index (κ2) is 8.48. The average molecular weight is 212 g/mol. The van der Waals surface area contributed by atoms with Crippen LogP contribution in [0.25, 0.3) is 0 Å². The van der Waals surface area contributed by atoms with Gasteiger partial charge in [-0.05, 0) is 40.2 Å². The van der Waals surface area contributed by atoms with Gasteiger partial charge in [0.15, 0.2) is 0 Å². The Morgan fingerprint density at radius 3 is 2.53 bits per heavy atom. The van der Waals surface area contributed by atoms with Crippen LogP contribution >= 0.6 is 0 Å². The fourth-order valence-electron chi connectivity index (χ4n) is 1.46. The lowest BCUT2D eigenvalue weighted by Crippen LogP contribution is -2.44. The maximum Gasteiger partial charge on any atom is 0.239 e. The Bertz CT molecular complexity index is 188. The molecule has 0 bridgehead atoms. The molecule has 1 amide bonds. The van der Waals surface area contributed by atoms with Gasteiger partial charge in [-0.1, -0.05) is 6.08 Å². The van der Waals surface area contributed by atoms with Crippen LogP contribution in [-0.2, 0) is 4.79 Å². The van der Waals surface area contributed by atoms with Gasteiger partial charge in [-0.3, -0.25) is 4.79 Å². The van der Waals surface area contributed by atoms with Crippen molar-refractivity contribution in [3.05, 3.63) is 12.7 Å². The van der Waals surface area contributed by atoms with Gasteiger partial charge in [-0.25, -0.2) is 0 Å². The molecule has 1 atom stereocenters. The van der Waals surface area contributed by atoms with Gasteiger partial charge in [0.1, 0.15) is 0 Å². The third kappa shape index (κ3) is 5.57. The molecule has 0 spiro atoms. The minimum Gasteiger partial charge on any atom is -0.342 e. The van der Waals surface area contributed by atoms with Gasteiger partial charge in [0, 0.05) is 13.1 Å². The van der Waals surface area contributed by atoms with E-state index in [0.29, 0.717) is 0 Å². The molecule has 1 N–H and O–H groups in total. The van der Waals surface area contributed by atoms with Crippen molar-refractivity contribution in [2.45, 2.75) is 39.7 Å². The summed E-state index contributed by atoms with van der Waals surface area (Å²) in [5.74, 6) is 0.193. The van der Waals surface area contributed by atoms with Crippen LogP contribution in [0.15, 0.2) is 12.7 Å². The van der Waals surface area contributed by atoms with Crippen molar-refractivity contribution in [3.8, 4) is 0 Å². The van der Waals surface area contributed by atoms with E-state index in [9.17, 15) is 4.79 Å². The number of nitrogens with zero attached hydrogens (tertiary/aromatic N) is 1. The van der Waals surface area contributed by atoms with Crippen molar-refractivity contribution in [1.29, 1.82) is 0 Å². The number of carbonyl (C=O) groups is 1. The average Bonchev–Trinajstić information content (AvgIpc) is 2.25. The standard InChI is InChI=1S/C12H24N2O/c1-5-8-9-10-13-11(4)12(15)14(6-2)7-3/h5,11,13H,1,6-10H2,2-4H3. The zero-order chi connectivity index (χ0) is 11.7. The number of unbranched alkanes of at least 4 members (excludes halogenated alkanes) is 1. The molecule has 1 unspecified atom stereocenters. The van der Waals surface area contributed by atoms with E-state index in [2.05, 4.69) is 11.9 Å². The molecule has 0 aromatic rings. The summed E-state index contributed by atoms with van der Waals surface area (Å²) in [4.78, 5) is 13.7. The number of amides is 1. The monoisotopic (exact) mass is 212 g/mol. The molecule has 0 aliphatic carbocycles. The van der Waals surface area contributed by atoms with Crippen LogP contribution < -0.4 is 5.32 Å². The Labute approximate surface area is 93.5 Å². The Hall–Kier alpha value is -0.830. The molecule has 3 heteroatoms. The maximum absolute atomic E-state index is 11.8. The van der Waals surface area contributed by atoms with Gasteiger partial charge in [0.05, 0.1) is 6.04 Å². The first-order valence-corrected chi connectivity index (χ1v) is 5.80. The van der Waals surface area contributed by atoms with E-state index in [1.807, 2.05) is 31.7 Å². The van der Waals surface area contributed by atoms with Crippen LogP contribution in [0.2, 0.25) is 0 Å². The molecule has 0 aliphatic rings. The maximum atomic E-state index is 11.8. The number of hydrogen-bond acceptors (Lipinski definition) is 2. The second-order valence-electron chi connectivity index (χ2n) is 3.62. The van der Waals surface area contributed by atoms with E-state index < -0.39 is 0 Å². The highest BCUT2D eigenvalue weighted by atomic mass is 16.2. The third-order valence-electron chi connectivity index (χ3n) is 2.48. The molecule has 0 radical (unpaired) electrons. The van der Waals surface area contributed by atoms with E-state index in [-0.39, 0.29) is 11.9 Å². The predicted molar refractivity (Wildman–Crippen MR) is 64.8 cm³/mol. The quantitative estimate of drug-likeness (QED) is 0.491. The van der Waals surface area contributed by atoms with Gasteiger partial charge in [0.2, 0.25) is 5.91 Å². The van der Waals surface area contributed by atoms with Crippen LogP contribution in [0.3, 0.4) is 0 Å². The summed E-state index contributed by atoms with van der Waals surface area (Å²) in [6, 6.07) is -0.0743. The minimum absolute atomic E-state index is 0.0743. The van der Waals surface area contributed by atoms with Crippen LogP contribution in [0, 0.1) is 0 Å². The minimum atomic E-state index is -0.0743. The lowest BCUT2D eigenvalue weighted by Gasteiger charge is -2.23. The molecule has 0 saturated carbocycles. The zero-order valence-electron chi connectivity index (χ0n) is 10.3. The van der Waals surface area contributed by atoms with Crippen molar-refractivity contribution in [2.24, 2.45) is 0 Å². The largest absolute Gasteiger partial charge is 0.342 e. The SMILES string of the molecule is C=CCCCNC(C)C(=O)N(CC)CC. The molecule has 0 fully saturated rings. The molecule has 0 aliphatic heterocycles. The lowest BCUT2D eigenvalue weighted by molar-refractivity contribution is -0.132. The van der Waals surface area contributed by atoms with E-state index in [4.69, 9.17) is 0 Å². The summed E-state index contributed by atoms with van der Waals surface area (Å²) in [6.07, 6.45) is 3.94. The highest BCUT2D eigenvalue weighted by Gasteiger charge is 2.16. The number of carbonyl (C=O) groups excluding carboxylic acids is 1. The predicted octanol–water partition coefficient (Wildman–Crippen LogP) is 1.80. The van der Waals surface area contributed by atoms with E-state index in [0.717, 1.165) is 32.5 Å².